The fourth-order valence-electron chi connectivity index (χ4n) is 8.84. The number of nitrogens with zero attached hydrogens (tertiary/aromatic N) is 2. The molecule has 2 fully saturated rings. The molecular formula is C58H81N7O14. The first-order valence-corrected chi connectivity index (χ1v) is 27.0. The maximum absolute atomic E-state index is 13.8. The minimum atomic E-state index is -0.939. The Hall–Kier alpha value is -7.52. The molecule has 2 saturated heterocycles. The lowest BCUT2D eigenvalue weighted by Crippen LogP contribution is -2.53. The largest absolute Gasteiger partial charge is 0.493 e. The van der Waals surface area contributed by atoms with Gasteiger partial charge in [-0.15, -0.1) is 0 Å². The number of ketones is 2. The highest BCUT2D eigenvalue weighted by atomic mass is 16.6. The van der Waals surface area contributed by atoms with E-state index in [1.165, 1.54) is 19.9 Å². The molecule has 79 heavy (non-hydrogen) atoms. The van der Waals surface area contributed by atoms with Gasteiger partial charge in [0.1, 0.15) is 48.4 Å². The van der Waals surface area contributed by atoms with E-state index in [1.807, 2.05) is 6.92 Å². The van der Waals surface area contributed by atoms with Crippen LogP contribution in [0.25, 0.3) is 0 Å². The van der Waals surface area contributed by atoms with E-state index in [2.05, 4.69) is 27.8 Å². The number of hydrogen-bond donors (Lipinski definition) is 7. The molecule has 2 heterocycles. The van der Waals surface area contributed by atoms with Crippen molar-refractivity contribution in [3.63, 3.8) is 0 Å². The van der Waals surface area contributed by atoms with Crippen molar-refractivity contribution in [2.45, 2.75) is 143 Å². The number of rotatable bonds is 25. The number of benzene rings is 3. The Morgan fingerprint density at radius 1 is 0.696 bits per heavy atom. The number of hydrogen-bond acceptors (Lipinski definition) is 15. The van der Waals surface area contributed by atoms with Gasteiger partial charge in [-0.25, -0.2) is 9.59 Å². The molecule has 21 nitrogen and oxygen atoms in total. The molecule has 0 radical (unpaired) electrons. The minimum Gasteiger partial charge on any atom is -0.493 e. The van der Waals surface area contributed by atoms with Crippen molar-refractivity contribution in [2.75, 3.05) is 62.5 Å². The zero-order valence-electron chi connectivity index (χ0n) is 46.8. The van der Waals surface area contributed by atoms with Gasteiger partial charge in [0.2, 0.25) is 11.8 Å². The van der Waals surface area contributed by atoms with Crippen LogP contribution in [0.4, 0.5) is 26.7 Å². The van der Waals surface area contributed by atoms with Crippen LogP contribution in [0, 0.1) is 19.8 Å². The molecule has 2 aliphatic rings. The summed E-state index contributed by atoms with van der Waals surface area (Å²) < 4.78 is 22.0. The molecule has 0 aromatic heterocycles. The molecule has 5 rings (SSSR count). The number of aliphatic hydroxyl groups excluding tert-OH is 2. The summed E-state index contributed by atoms with van der Waals surface area (Å²) in [6.45, 7) is 16.7. The van der Waals surface area contributed by atoms with Crippen molar-refractivity contribution < 1.29 is 67.5 Å². The SMILES string of the molecule is C=CCOC(=O)N[C@H](C(=O)N[C@@H](C)C(=O)Nc1ccc(COC(=O)Nc2cc(OCCCC(C)=O)c(C)cc2C(=O)N2CCCC[C@H]2CO)cc1)C(C)C.CC(=O)CCCOc1cc(N)c(C(=O)N2CCCC[C@H]2CO)cc1C. The molecule has 0 saturated carbocycles. The summed E-state index contributed by atoms with van der Waals surface area (Å²) in [6, 6.07) is 10.8. The van der Waals surface area contributed by atoms with Crippen molar-refractivity contribution in [3.05, 3.63) is 89.0 Å². The van der Waals surface area contributed by atoms with Crippen LogP contribution in [0.2, 0.25) is 0 Å². The number of nitrogens with two attached hydrogens (primary N) is 1. The lowest BCUT2D eigenvalue weighted by molar-refractivity contribution is -0.128. The molecule has 2 aliphatic heterocycles. The van der Waals surface area contributed by atoms with E-state index >= 15 is 0 Å². The van der Waals surface area contributed by atoms with Gasteiger partial charge in [0.15, 0.2) is 0 Å². The second kappa shape index (κ2) is 32.4. The van der Waals surface area contributed by atoms with Gasteiger partial charge in [0.25, 0.3) is 11.8 Å². The van der Waals surface area contributed by atoms with E-state index in [0.29, 0.717) is 91.4 Å². The number of nitrogen functional groups attached to an aromatic ring is 1. The third kappa shape index (κ3) is 20.3. The number of ether oxygens (including phenoxy) is 4. The van der Waals surface area contributed by atoms with Gasteiger partial charge in [-0.1, -0.05) is 38.6 Å². The van der Waals surface area contributed by atoms with E-state index in [1.54, 1.807) is 86.0 Å². The molecule has 3 aromatic rings. The van der Waals surface area contributed by atoms with E-state index in [0.717, 1.165) is 37.7 Å². The number of Topliss-reactive ketones (excluding diaryl/α,β-unsaturated/α-hetero) is 2. The topological polar surface area (TPSA) is 295 Å². The fourth-order valence-corrected chi connectivity index (χ4v) is 8.84. The molecule has 0 bridgehead atoms. The number of anilines is 3. The lowest BCUT2D eigenvalue weighted by Gasteiger charge is -2.35. The van der Waals surface area contributed by atoms with Gasteiger partial charge >= 0.3 is 12.2 Å². The number of likely N-dealkylation sites (tertiary alicyclic amines) is 2. The first-order valence-electron chi connectivity index (χ1n) is 27.0. The highest BCUT2D eigenvalue weighted by Crippen LogP contribution is 2.32. The number of aliphatic hydroxyl groups is 2. The van der Waals surface area contributed by atoms with Crippen molar-refractivity contribution in [2.24, 2.45) is 5.92 Å². The summed E-state index contributed by atoms with van der Waals surface area (Å²) in [4.78, 5) is 103. The van der Waals surface area contributed by atoms with Crippen LogP contribution >= 0.6 is 0 Å². The molecule has 0 aliphatic carbocycles. The van der Waals surface area contributed by atoms with Gasteiger partial charge < -0.3 is 70.2 Å². The van der Waals surface area contributed by atoms with Gasteiger partial charge in [-0.05, 0) is 133 Å². The Morgan fingerprint density at radius 3 is 1.75 bits per heavy atom. The van der Waals surface area contributed by atoms with Crippen LogP contribution < -0.4 is 36.5 Å². The molecule has 8 N–H and O–H groups in total. The Morgan fingerprint density at radius 2 is 1.23 bits per heavy atom. The Kier molecular flexibility index (Phi) is 26.2. The van der Waals surface area contributed by atoms with Crippen molar-refractivity contribution in [3.8, 4) is 11.5 Å². The third-order valence-electron chi connectivity index (χ3n) is 13.3. The maximum atomic E-state index is 13.8. The summed E-state index contributed by atoms with van der Waals surface area (Å²) in [6.07, 6.45) is 6.98. The average molecular weight is 1100 g/mol. The summed E-state index contributed by atoms with van der Waals surface area (Å²) >= 11 is 0. The van der Waals surface area contributed by atoms with Gasteiger partial charge in [0, 0.05) is 49.4 Å². The molecule has 4 atom stereocenters. The van der Waals surface area contributed by atoms with Crippen molar-refractivity contribution in [1.82, 2.24) is 20.4 Å². The summed E-state index contributed by atoms with van der Waals surface area (Å²) in [5.41, 5.74) is 9.86. The van der Waals surface area contributed by atoms with E-state index in [9.17, 15) is 48.6 Å². The number of carbonyl (C=O) groups excluding carboxylic acids is 8. The number of carbonyl (C=O) groups is 8. The highest BCUT2D eigenvalue weighted by Gasteiger charge is 2.32. The first kappa shape index (κ1) is 64.0. The second-order valence-electron chi connectivity index (χ2n) is 20.2. The smallest absolute Gasteiger partial charge is 0.411 e. The molecule has 0 unspecified atom stereocenters. The summed E-state index contributed by atoms with van der Waals surface area (Å²) in [5, 5.41) is 29.9. The Balaban J connectivity index is 0.000000446. The van der Waals surface area contributed by atoms with E-state index in [-0.39, 0.29) is 85.7 Å². The molecule has 432 valence electrons. The van der Waals surface area contributed by atoms with Crippen LogP contribution in [0.15, 0.2) is 61.2 Å². The number of alkyl carbamates (subject to hydrolysis) is 1. The molecule has 21 heteroatoms. The van der Waals surface area contributed by atoms with Crippen molar-refractivity contribution >= 4 is 64.4 Å². The van der Waals surface area contributed by atoms with Crippen LogP contribution in [0.1, 0.15) is 136 Å². The minimum absolute atomic E-state index is 0.0142. The van der Waals surface area contributed by atoms with Gasteiger partial charge in [-0.2, -0.15) is 0 Å². The van der Waals surface area contributed by atoms with Crippen LogP contribution in [0.5, 0.6) is 11.5 Å². The van der Waals surface area contributed by atoms with Gasteiger partial charge in [0.05, 0.1) is 55.3 Å². The third-order valence-corrected chi connectivity index (χ3v) is 13.3. The zero-order chi connectivity index (χ0) is 58.2. The normalized spacial score (nSPS) is 15.7. The average Bonchev–Trinajstić information content (AvgIpc) is 3.45. The standard InChI is InChI=1S/C39H53N5O10.C19H28N2O4/c1-7-18-53-39(51)43-34(24(2)3)36(48)40-27(6)35(47)41-29-15-13-28(14-16-29)23-54-38(50)42-32-21-33(52-19-10-11-26(5)46)25(4)20-31(32)37(49)44-17-9-8-12-30(44)22-45;1-13-10-16(19(24)21-8-4-3-7-15(21)12-22)17(20)11-18(13)25-9-5-6-14(2)23/h7,13-16,20-21,24,27,30,34,45H,1,8-12,17-19,22-23H2,2-6H3,(H,40,48)(H,41,47)(H,42,50)(H,43,51);10-11,15,22H,3-9,12,20H2,1-2H3/t27-,30-,34-;15-/m00/s1. The van der Waals surface area contributed by atoms with Crippen LogP contribution in [-0.2, 0) is 35.3 Å². The quantitative estimate of drug-likeness (QED) is 0.0251. The van der Waals surface area contributed by atoms with Gasteiger partial charge in [-0.3, -0.25) is 24.5 Å². The maximum Gasteiger partial charge on any atom is 0.411 e. The number of aryl methyl sites for hydroxylation is 2. The number of nitrogens with one attached hydrogen (secondary N) is 4. The monoisotopic (exact) mass is 1100 g/mol. The zero-order valence-corrected chi connectivity index (χ0v) is 46.8. The second-order valence-corrected chi connectivity index (χ2v) is 20.2. The van der Waals surface area contributed by atoms with Crippen LogP contribution in [0.3, 0.4) is 0 Å². The van der Waals surface area contributed by atoms with E-state index < -0.39 is 36.1 Å². The number of piperidine rings is 2. The first-order chi connectivity index (χ1) is 37.7. The summed E-state index contributed by atoms with van der Waals surface area (Å²) in [7, 11) is 0. The Labute approximate surface area is 463 Å². The number of amides is 6. The molecule has 0 spiro atoms. The fraction of sp³-hybridized carbons (Fsp3) is 0.517. The molecule has 6 amide bonds. The Bertz CT molecular complexity index is 2590. The van der Waals surface area contributed by atoms with Crippen LogP contribution in [-0.4, -0.2) is 138 Å². The highest BCUT2D eigenvalue weighted by molar-refractivity contribution is 6.04. The molecular weight excluding hydrogens is 1020 g/mol. The lowest BCUT2D eigenvalue weighted by atomic mass is 10.00. The van der Waals surface area contributed by atoms with Crippen molar-refractivity contribution in [1.29, 1.82) is 0 Å². The molecule has 3 aromatic carbocycles. The predicted molar refractivity (Wildman–Crippen MR) is 299 cm³/mol. The van der Waals surface area contributed by atoms with E-state index in [4.69, 9.17) is 24.7 Å². The predicted octanol–water partition coefficient (Wildman–Crippen LogP) is 7.17. The summed E-state index contributed by atoms with van der Waals surface area (Å²) in [5.74, 6) is -0.536.